The van der Waals surface area contributed by atoms with E-state index in [4.69, 9.17) is 5.73 Å². The Labute approximate surface area is 80.0 Å². The van der Waals surface area contributed by atoms with E-state index >= 15 is 0 Å². The fourth-order valence-electron chi connectivity index (χ4n) is 1.02. The first-order valence-corrected chi connectivity index (χ1v) is 3.36. The molecule has 2 aromatic heterocycles. The summed E-state index contributed by atoms with van der Waals surface area (Å²) in [5, 5.41) is 3.92. The summed E-state index contributed by atoms with van der Waals surface area (Å²) in [4.78, 5) is 14.7. The van der Waals surface area contributed by atoms with Crippen molar-refractivity contribution in [2.75, 3.05) is 0 Å². The lowest BCUT2D eigenvalue weighted by atomic mass is 10.3. The third kappa shape index (κ3) is 1.46. The fourth-order valence-corrected chi connectivity index (χ4v) is 1.02. The van der Waals surface area contributed by atoms with Crippen LogP contribution in [0.3, 0.4) is 0 Å². The van der Waals surface area contributed by atoms with Crippen LogP contribution in [0.25, 0.3) is 5.52 Å². The molecule has 2 N–H and O–H groups in total. The molecule has 1 amide bonds. The van der Waals surface area contributed by atoms with Crippen molar-refractivity contribution in [3.8, 4) is 0 Å². The van der Waals surface area contributed by atoms with Crippen molar-refractivity contribution in [1.82, 2.24) is 14.6 Å². The molecule has 0 bridgehead atoms. The maximum Gasteiger partial charge on any atom is 0.252 e. The summed E-state index contributed by atoms with van der Waals surface area (Å²) in [6.45, 7) is 0. The van der Waals surface area contributed by atoms with Crippen LogP contribution in [0.15, 0.2) is 24.8 Å². The molecule has 0 spiro atoms. The molecule has 0 unspecified atom stereocenters. The average Bonchev–Trinajstić information content (AvgIpc) is 2.47. The van der Waals surface area contributed by atoms with E-state index < -0.39 is 5.91 Å². The van der Waals surface area contributed by atoms with E-state index in [0.717, 1.165) is 0 Å². The molecular weight excluding hydrogens is 192 g/mol. The molecule has 0 saturated heterocycles. The molecule has 0 aliphatic carbocycles. The summed E-state index contributed by atoms with van der Waals surface area (Å²) in [6, 6.07) is 0. The van der Waals surface area contributed by atoms with E-state index in [0.29, 0.717) is 11.1 Å². The van der Waals surface area contributed by atoms with Crippen molar-refractivity contribution in [3.63, 3.8) is 0 Å². The Bertz CT molecular complexity index is 439. The number of carbonyl (C=O) groups excluding carboxylic acids is 1. The lowest BCUT2D eigenvalue weighted by Gasteiger charge is -1.91. The normalized spacial score (nSPS) is 9.54. The number of nitrogens with zero attached hydrogens (tertiary/aromatic N) is 3. The van der Waals surface area contributed by atoms with Crippen molar-refractivity contribution in [1.29, 1.82) is 0 Å². The number of fused-ring (bicyclic) bond motifs is 1. The van der Waals surface area contributed by atoms with Gasteiger partial charge in [0.25, 0.3) is 5.91 Å². The van der Waals surface area contributed by atoms with Gasteiger partial charge in [0.15, 0.2) is 0 Å². The number of rotatable bonds is 1. The minimum Gasteiger partial charge on any atom is -0.365 e. The molecule has 6 heteroatoms. The summed E-state index contributed by atoms with van der Waals surface area (Å²) in [6.07, 6.45) is 6.22. The van der Waals surface area contributed by atoms with Gasteiger partial charge < -0.3 is 5.73 Å². The number of aromatic nitrogens is 3. The highest BCUT2D eigenvalue weighted by atomic mass is 35.5. The average molecular weight is 199 g/mol. The molecule has 2 heterocycles. The van der Waals surface area contributed by atoms with Gasteiger partial charge in [-0.05, 0) is 0 Å². The van der Waals surface area contributed by atoms with Crippen molar-refractivity contribution in [2.24, 2.45) is 5.73 Å². The van der Waals surface area contributed by atoms with Gasteiger partial charge in [-0.3, -0.25) is 9.78 Å². The van der Waals surface area contributed by atoms with Crippen LogP contribution in [0.1, 0.15) is 10.4 Å². The van der Waals surface area contributed by atoms with E-state index in [1.165, 1.54) is 6.20 Å². The van der Waals surface area contributed by atoms with E-state index in [1.54, 1.807) is 23.1 Å². The van der Waals surface area contributed by atoms with Crippen molar-refractivity contribution in [2.45, 2.75) is 0 Å². The molecule has 0 radical (unpaired) electrons. The molecule has 0 fully saturated rings. The Morgan fingerprint density at radius 3 is 2.92 bits per heavy atom. The second-order valence-corrected chi connectivity index (χ2v) is 2.33. The zero-order valence-electron chi connectivity index (χ0n) is 6.54. The molecular formula is C7H7ClN4O. The van der Waals surface area contributed by atoms with Crippen LogP contribution < -0.4 is 5.73 Å². The Hall–Kier alpha value is -1.62. The highest BCUT2D eigenvalue weighted by Gasteiger charge is 2.07. The SMILES string of the molecule is Cl.NC(=O)c1cnn2ccncc12. The second kappa shape index (κ2) is 3.40. The van der Waals surface area contributed by atoms with Crippen molar-refractivity contribution >= 4 is 23.8 Å². The Kier molecular flexibility index (Phi) is 2.48. The van der Waals surface area contributed by atoms with Gasteiger partial charge in [-0.15, -0.1) is 12.4 Å². The van der Waals surface area contributed by atoms with Crippen LogP contribution in [-0.4, -0.2) is 20.5 Å². The van der Waals surface area contributed by atoms with E-state index in [2.05, 4.69) is 10.1 Å². The minimum atomic E-state index is -0.488. The zero-order chi connectivity index (χ0) is 8.55. The number of nitrogens with two attached hydrogens (primary N) is 1. The lowest BCUT2D eigenvalue weighted by molar-refractivity contribution is 0.100. The molecule has 0 aliphatic heterocycles. The monoisotopic (exact) mass is 198 g/mol. The van der Waals surface area contributed by atoms with Crippen LogP contribution in [0.4, 0.5) is 0 Å². The first-order valence-electron chi connectivity index (χ1n) is 3.36. The third-order valence-corrected chi connectivity index (χ3v) is 1.59. The van der Waals surface area contributed by atoms with Crippen LogP contribution >= 0.6 is 12.4 Å². The minimum absolute atomic E-state index is 0. The van der Waals surface area contributed by atoms with Crippen molar-refractivity contribution < 1.29 is 4.79 Å². The number of hydrogen-bond donors (Lipinski definition) is 1. The van der Waals surface area contributed by atoms with Gasteiger partial charge in [-0.1, -0.05) is 0 Å². The zero-order valence-corrected chi connectivity index (χ0v) is 7.36. The molecule has 2 aromatic rings. The number of hydrogen-bond acceptors (Lipinski definition) is 3. The van der Waals surface area contributed by atoms with Crippen LogP contribution in [0.5, 0.6) is 0 Å². The molecule has 5 nitrogen and oxygen atoms in total. The highest BCUT2D eigenvalue weighted by molar-refractivity contribution is 5.99. The largest absolute Gasteiger partial charge is 0.365 e. The summed E-state index contributed by atoms with van der Waals surface area (Å²) in [7, 11) is 0. The van der Waals surface area contributed by atoms with Crippen molar-refractivity contribution in [3.05, 3.63) is 30.4 Å². The van der Waals surface area contributed by atoms with Crippen LogP contribution in [-0.2, 0) is 0 Å². The maximum absolute atomic E-state index is 10.8. The molecule has 0 atom stereocenters. The lowest BCUT2D eigenvalue weighted by Crippen LogP contribution is -2.10. The first-order chi connectivity index (χ1) is 5.79. The molecule has 0 aromatic carbocycles. The Morgan fingerprint density at radius 2 is 2.23 bits per heavy atom. The molecule has 2 rings (SSSR count). The quantitative estimate of drug-likeness (QED) is 0.714. The summed E-state index contributed by atoms with van der Waals surface area (Å²) >= 11 is 0. The van der Waals surface area contributed by atoms with Gasteiger partial charge in [-0.2, -0.15) is 5.10 Å². The van der Waals surface area contributed by atoms with Gasteiger partial charge >= 0.3 is 0 Å². The van der Waals surface area contributed by atoms with Gasteiger partial charge in [0.2, 0.25) is 0 Å². The van der Waals surface area contributed by atoms with Gasteiger partial charge in [0.05, 0.1) is 23.5 Å². The summed E-state index contributed by atoms with van der Waals surface area (Å²) in [5.41, 5.74) is 6.13. The Morgan fingerprint density at radius 1 is 1.46 bits per heavy atom. The first kappa shape index (κ1) is 9.47. The van der Waals surface area contributed by atoms with Gasteiger partial charge in [0.1, 0.15) is 0 Å². The Balaban J connectivity index is 0.000000845. The standard InChI is InChI=1S/C7H6N4O.ClH/c8-7(12)5-3-10-11-2-1-9-4-6(5)11;/h1-4H,(H2,8,12);1H. The molecule has 0 saturated carbocycles. The van der Waals surface area contributed by atoms with E-state index in [-0.39, 0.29) is 12.4 Å². The number of halogens is 1. The van der Waals surface area contributed by atoms with E-state index in [9.17, 15) is 4.79 Å². The molecule has 68 valence electrons. The number of primary amides is 1. The number of carbonyl (C=O) groups is 1. The fraction of sp³-hybridized carbons (Fsp3) is 0. The van der Waals surface area contributed by atoms with Crippen LogP contribution in [0.2, 0.25) is 0 Å². The predicted octanol–water partition coefficient (Wildman–Crippen LogP) is 0.250. The smallest absolute Gasteiger partial charge is 0.252 e. The molecule has 0 aliphatic rings. The predicted molar refractivity (Wildman–Crippen MR) is 48.8 cm³/mol. The highest BCUT2D eigenvalue weighted by Crippen LogP contribution is 2.06. The van der Waals surface area contributed by atoms with Gasteiger partial charge in [0, 0.05) is 12.4 Å². The summed E-state index contributed by atoms with van der Waals surface area (Å²) < 4.78 is 1.55. The van der Waals surface area contributed by atoms with E-state index in [1.807, 2.05) is 0 Å². The summed E-state index contributed by atoms with van der Waals surface area (Å²) in [5.74, 6) is -0.488. The third-order valence-electron chi connectivity index (χ3n) is 1.59. The van der Waals surface area contributed by atoms with Gasteiger partial charge in [-0.25, -0.2) is 4.52 Å². The molecule has 13 heavy (non-hydrogen) atoms. The number of amides is 1. The second-order valence-electron chi connectivity index (χ2n) is 2.33. The topological polar surface area (TPSA) is 73.3 Å². The maximum atomic E-state index is 10.8. The van der Waals surface area contributed by atoms with Crippen LogP contribution in [0, 0.1) is 0 Å².